The summed E-state index contributed by atoms with van der Waals surface area (Å²) in [5.41, 5.74) is -1.11. The van der Waals surface area contributed by atoms with Crippen molar-refractivity contribution < 1.29 is 19.1 Å². The molecule has 0 fully saturated rings. The zero-order valence-corrected chi connectivity index (χ0v) is 19.0. The Morgan fingerprint density at radius 1 is 1.07 bits per heavy atom. The molecule has 0 saturated carbocycles. The van der Waals surface area contributed by atoms with Crippen molar-refractivity contribution in [1.82, 2.24) is 15.5 Å². The van der Waals surface area contributed by atoms with Crippen LogP contribution in [0.2, 0.25) is 0 Å². The summed E-state index contributed by atoms with van der Waals surface area (Å²) in [6.45, 7) is 11.9. The highest BCUT2D eigenvalue weighted by atomic mass is 127. The molecule has 0 aliphatic carbocycles. The molecule has 1 aromatic heterocycles. The molecule has 1 N–H and O–H groups in total. The summed E-state index contributed by atoms with van der Waals surface area (Å²) < 4.78 is 11.4. The minimum atomic E-state index is -0.610. The summed E-state index contributed by atoms with van der Waals surface area (Å²) in [7, 11) is 0. The minimum absolute atomic E-state index is 0.118. The van der Waals surface area contributed by atoms with Crippen LogP contribution in [0, 0.1) is 3.70 Å². The molecule has 0 saturated heterocycles. The first-order chi connectivity index (χ1) is 12.4. The first kappa shape index (κ1) is 23.5. The molecule has 0 radical (unpaired) electrons. The molecule has 152 valence electrons. The second-order valence-electron chi connectivity index (χ2n) is 7.96. The number of esters is 1. The summed E-state index contributed by atoms with van der Waals surface area (Å²) >= 11 is 2.05. The molecule has 1 amide bonds. The van der Waals surface area contributed by atoms with E-state index < -0.39 is 17.3 Å². The summed E-state index contributed by atoms with van der Waals surface area (Å²) in [6.07, 6.45) is 0.126. The van der Waals surface area contributed by atoms with Crippen molar-refractivity contribution >= 4 is 40.5 Å². The number of anilines is 1. The third-order valence-electron chi connectivity index (χ3n) is 2.93. The monoisotopic (exact) mass is 492 g/mol. The molecule has 0 atom stereocenters. The van der Waals surface area contributed by atoms with Crippen LogP contribution in [0.1, 0.15) is 48.0 Å². The Morgan fingerprint density at radius 2 is 1.70 bits per heavy atom. The lowest BCUT2D eigenvalue weighted by Gasteiger charge is -2.26. The molecule has 0 aliphatic rings. The topological polar surface area (TPSA) is 93.7 Å². The maximum Gasteiger partial charge on any atom is 0.416 e. The molecule has 1 aromatic rings. The second-order valence-corrected chi connectivity index (χ2v) is 9.07. The van der Waals surface area contributed by atoms with Gasteiger partial charge in [-0.3, -0.25) is 9.69 Å². The number of hydrogen-bond donors (Lipinski definition) is 1. The van der Waals surface area contributed by atoms with E-state index in [1.165, 1.54) is 4.90 Å². The molecule has 0 spiro atoms. The van der Waals surface area contributed by atoms with E-state index in [1.807, 2.05) is 41.5 Å². The minimum Gasteiger partial charge on any atom is -0.459 e. The van der Waals surface area contributed by atoms with Crippen LogP contribution < -0.4 is 10.2 Å². The van der Waals surface area contributed by atoms with Crippen LogP contribution >= 0.6 is 22.6 Å². The van der Waals surface area contributed by atoms with Gasteiger partial charge in [0.2, 0.25) is 0 Å². The lowest BCUT2D eigenvalue weighted by Crippen LogP contribution is -2.39. The molecular weight excluding hydrogens is 463 g/mol. The molecular formula is C18H29IN4O4. The highest BCUT2D eigenvalue weighted by Crippen LogP contribution is 2.16. The first-order valence-electron chi connectivity index (χ1n) is 8.80. The summed E-state index contributed by atoms with van der Waals surface area (Å²) in [5.74, 6) is 0.117. The standard InChI is InChI=1S/C18H29IN4O4/c1-17(2,3)26-15(24)12-20-10-7-11-23(16(25)27-18(4,5)6)14-9-8-13(19)21-22-14/h8-9,20H,7,10-12H2,1-6H3. The van der Waals surface area contributed by atoms with Crippen LogP contribution in [-0.4, -0.2) is 53.1 Å². The Bertz CT molecular complexity index is 624. The van der Waals surface area contributed by atoms with Crippen LogP contribution in [0.4, 0.5) is 10.6 Å². The molecule has 8 nitrogen and oxygen atoms in total. The molecule has 1 heterocycles. The predicted octanol–water partition coefficient (Wildman–Crippen LogP) is 3.14. The molecule has 27 heavy (non-hydrogen) atoms. The molecule has 0 aliphatic heterocycles. The Labute approximate surface area is 174 Å². The Hall–Kier alpha value is -1.49. The molecule has 0 unspecified atom stereocenters. The zero-order valence-electron chi connectivity index (χ0n) is 16.8. The number of nitrogens with zero attached hydrogens (tertiary/aromatic N) is 3. The fourth-order valence-corrected chi connectivity index (χ4v) is 2.29. The fraction of sp³-hybridized carbons (Fsp3) is 0.667. The number of aromatic nitrogens is 2. The Morgan fingerprint density at radius 3 is 2.22 bits per heavy atom. The third kappa shape index (κ3) is 10.4. The van der Waals surface area contributed by atoms with Gasteiger partial charge in [-0.1, -0.05) is 0 Å². The van der Waals surface area contributed by atoms with E-state index in [0.29, 0.717) is 25.3 Å². The van der Waals surface area contributed by atoms with E-state index in [9.17, 15) is 9.59 Å². The quantitative estimate of drug-likeness (QED) is 0.355. The highest BCUT2D eigenvalue weighted by Gasteiger charge is 2.24. The summed E-state index contributed by atoms with van der Waals surface area (Å²) in [4.78, 5) is 25.6. The molecule has 0 aromatic carbocycles. The normalized spacial score (nSPS) is 11.8. The van der Waals surface area contributed by atoms with Gasteiger partial charge in [-0.25, -0.2) is 4.79 Å². The highest BCUT2D eigenvalue weighted by molar-refractivity contribution is 14.1. The summed E-state index contributed by atoms with van der Waals surface area (Å²) in [5, 5.41) is 11.1. The van der Waals surface area contributed by atoms with Gasteiger partial charge in [-0.2, -0.15) is 0 Å². The first-order valence-corrected chi connectivity index (χ1v) is 9.87. The van der Waals surface area contributed by atoms with Gasteiger partial charge in [0.1, 0.15) is 14.9 Å². The van der Waals surface area contributed by atoms with Crippen molar-refractivity contribution in [2.75, 3.05) is 24.5 Å². The van der Waals surface area contributed by atoms with Gasteiger partial charge in [0.25, 0.3) is 0 Å². The number of halogens is 1. The van der Waals surface area contributed by atoms with Gasteiger partial charge in [0.05, 0.1) is 6.54 Å². The lowest BCUT2D eigenvalue weighted by molar-refractivity contribution is -0.153. The van der Waals surface area contributed by atoms with E-state index >= 15 is 0 Å². The number of carbonyl (C=O) groups excluding carboxylic acids is 2. The molecule has 1 rings (SSSR count). The largest absolute Gasteiger partial charge is 0.459 e. The average Bonchev–Trinajstić information content (AvgIpc) is 2.48. The number of rotatable bonds is 7. The van der Waals surface area contributed by atoms with Gasteiger partial charge in [-0.05, 0) is 89.2 Å². The van der Waals surface area contributed by atoms with E-state index in [-0.39, 0.29) is 12.5 Å². The van der Waals surface area contributed by atoms with E-state index in [1.54, 1.807) is 12.1 Å². The van der Waals surface area contributed by atoms with Gasteiger partial charge < -0.3 is 14.8 Å². The third-order valence-corrected chi connectivity index (χ3v) is 3.51. The maximum absolute atomic E-state index is 12.5. The Balaban J connectivity index is 2.58. The van der Waals surface area contributed by atoms with Crippen molar-refractivity contribution in [2.45, 2.75) is 59.2 Å². The van der Waals surface area contributed by atoms with Crippen molar-refractivity contribution in [2.24, 2.45) is 0 Å². The maximum atomic E-state index is 12.5. The lowest BCUT2D eigenvalue weighted by atomic mass is 10.2. The van der Waals surface area contributed by atoms with Crippen LogP contribution in [0.25, 0.3) is 0 Å². The second kappa shape index (κ2) is 10.2. The zero-order chi connectivity index (χ0) is 20.7. The number of amides is 1. The van der Waals surface area contributed by atoms with Crippen LogP contribution in [0.15, 0.2) is 12.1 Å². The van der Waals surface area contributed by atoms with Gasteiger partial charge in [0, 0.05) is 6.54 Å². The van der Waals surface area contributed by atoms with Gasteiger partial charge in [-0.15, -0.1) is 10.2 Å². The van der Waals surface area contributed by atoms with E-state index in [0.717, 1.165) is 3.70 Å². The van der Waals surface area contributed by atoms with E-state index in [4.69, 9.17) is 9.47 Å². The SMILES string of the molecule is CC(C)(C)OC(=O)CNCCCN(C(=O)OC(C)(C)C)c1ccc(I)nn1. The number of ether oxygens (including phenoxy) is 2. The van der Waals surface area contributed by atoms with Crippen molar-refractivity contribution in [3.63, 3.8) is 0 Å². The summed E-state index contributed by atoms with van der Waals surface area (Å²) in [6, 6.07) is 3.51. The number of nitrogens with one attached hydrogen (secondary N) is 1. The van der Waals surface area contributed by atoms with Crippen LogP contribution in [0.5, 0.6) is 0 Å². The Kier molecular flexibility index (Phi) is 8.86. The smallest absolute Gasteiger partial charge is 0.416 e. The fourth-order valence-electron chi connectivity index (χ4n) is 2.00. The van der Waals surface area contributed by atoms with Crippen LogP contribution in [0.3, 0.4) is 0 Å². The van der Waals surface area contributed by atoms with Crippen molar-refractivity contribution in [1.29, 1.82) is 0 Å². The van der Waals surface area contributed by atoms with Crippen molar-refractivity contribution in [3.8, 4) is 0 Å². The van der Waals surface area contributed by atoms with Crippen LogP contribution in [-0.2, 0) is 14.3 Å². The molecule has 9 heteroatoms. The van der Waals surface area contributed by atoms with Gasteiger partial charge in [0.15, 0.2) is 5.82 Å². The number of hydrogen-bond acceptors (Lipinski definition) is 7. The number of carbonyl (C=O) groups is 2. The van der Waals surface area contributed by atoms with E-state index in [2.05, 4.69) is 38.1 Å². The van der Waals surface area contributed by atoms with Gasteiger partial charge >= 0.3 is 12.1 Å². The molecule has 0 bridgehead atoms. The predicted molar refractivity (Wildman–Crippen MR) is 112 cm³/mol. The van der Waals surface area contributed by atoms with Crippen molar-refractivity contribution in [3.05, 3.63) is 15.8 Å². The average molecular weight is 492 g/mol.